The van der Waals surface area contributed by atoms with Gasteiger partial charge in [0.15, 0.2) is 5.79 Å². The Balaban J connectivity index is 2.33. The van der Waals surface area contributed by atoms with Crippen LogP contribution in [0.25, 0.3) is 0 Å². The smallest absolute Gasteiger partial charge is 0.175 e. The van der Waals surface area contributed by atoms with Gasteiger partial charge in [0, 0.05) is 12.3 Å². The number of Topliss-reactive ketones (excluding diaryl/α,β-unsaturated/α-hetero) is 1. The first-order chi connectivity index (χ1) is 5.54. The second kappa shape index (κ2) is 2.30. The fourth-order valence-corrected chi connectivity index (χ4v) is 2.30. The molecule has 68 valence electrons. The van der Waals surface area contributed by atoms with E-state index in [-0.39, 0.29) is 23.7 Å². The van der Waals surface area contributed by atoms with Crippen molar-refractivity contribution in [1.29, 1.82) is 0 Å². The molecule has 12 heavy (non-hydrogen) atoms. The Kier molecular flexibility index (Phi) is 1.57. The van der Waals surface area contributed by atoms with Crippen molar-refractivity contribution < 1.29 is 14.6 Å². The molecule has 0 spiro atoms. The van der Waals surface area contributed by atoms with E-state index >= 15 is 0 Å². The molecule has 0 aromatic rings. The van der Waals surface area contributed by atoms with E-state index in [2.05, 4.69) is 0 Å². The van der Waals surface area contributed by atoms with Crippen LogP contribution in [0.1, 0.15) is 26.7 Å². The van der Waals surface area contributed by atoms with E-state index < -0.39 is 5.79 Å². The Bertz CT molecular complexity index is 222. The summed E-state index contributed by atoms with van der Waals surface area (Å²) in [6, 6.07) is 0. The van der Waals surface area contributed by atoms with Crippen molar-refractivity contribution in [1.82, 2.24) is 0 Å². The van der Waals surface area contributed by atoms with Gasteiger partial charge in [-0.3, -0.25) is 4.79 Å². The van der Waals surface area contributed by atoms with Gasteiger partial charge in [-0.1, -0.05) is 6.92 Å². The number of carbonyl (C=O) groups excluding carboxylic acids is 1. The fourth-order valence-electron chi connectivity index (χ4n) is 2.30. The average molecular weight is 170 g/mol. The van der Waals surface area contributed by atoms with Gasteiger partial charge in [0.2, 0.25) is 0 Å². The zero-order valence-corrected chi connectivity index (χ0v) is 7.41. The molecule has 0 aromatic heterocycles. The first kappa shape index (κ1) is 8.20. The van der Waals surface area contributed by atoms with E-state index in [9.17, 15) is 9.90 Å². The second-order valence-corrected chi connectivity index (χ2v) is 3.94. The molecule has 0 radical (unpaired) electrons. The summed E-state index contributed by atoms with van der Waals surface area (Å²) in [5.74, 6) is -1.31. The standard InChI is InChI=1S/C9H14O3/c1-5-8(10)7-3-4-9(5,11)12-6(7)2/h5-7,11H,3-4H2,1-2H3. The van der Waals surface area contributed by atoms with Gasteiger partial charge in [-0.05, 0) is 13.3 Å². The van der Waals surface area contributed by atoms with Crippen LogP contribution >= 0.6 is 0 Å². The lowest BCUT2D eigenvalue weighted by molar-refractivity contribution is -0.300. The zero-order chi connectivity index (χ0) is 8.93. The Labute approximate surface area is 71.7 Å². The minimum Gasteiger partial charge on any atom is -0.365 e. The van der Waals surface area contributed by atoms with E-state index in [4.69, 9.17) is 4.74 Å². The minimum absolute atomic E-state index is 0.0222. The Morgan fingerprint density at radius 1 is 1.58 bits per heavy atom. The van der Waals surface area contributed by atoms with Crippen molar-refractivity contribution in [3.8, 4) is 0 Å². The quantitative estimate of drug-likeness (QED) is 0.582. The fraction of sp³-hybridized carbons (Fsp3) is 0.889. The van der Waals surface area contributed by atoms with Crippen LogP contribution < -0.4 is 0 Å². The van der Waals surface area contributed by atoms with Crippen molar-refractivity contribution >= 4 is 5.78 Å². The van der Waals surface area contributed by atoms with Gasteiger partial charge < -0.3 is 9.84 Å². The minimum atomic E-state index is -1.16. The average Bonchev–Trinajstić information content (AvgIpc) is 1.99. The van der Waals surface area contributed by atoms with Gasteiger partial charge in [0.1, 0.15) is 5.78 Å². The summed E-state index contributed by atoms with van der Waals surface area (Å²) < 4.78 is 5.39. The van der Waals surface area contributed by atoms with Gasteiger partial charge in [-0.25, -0.2) is 0 Å². The molecule has 1 aliphatic carbocycles. The lowest BCUT2D eigenvalue weighted by Crippen LogP contribution is -2.59. The van der Waals surface area contributed by atoms with Gasteiger partial charge >= 0.3 is 0 Å². The van der Waals surface area contributed by atoms with Crippen LogP contribution in [0, 0.1) is 11.8 Å². The Hall–Kier alpha value is -0.410. The third-order valence-electron chi connectivity index (χ3n) is 3.24. The molecule has 3 fully saturated rings. The number of carbonyl (C=O) groups is 1. The van der Waals surface area contributed by atoms with Crippen molar-refractivity contribution in [3.05, 3.63) is 0 Å². The first-order valence-electron chi connectivity index (χ1n) is 4.48. The number of rotatable bonds is 0. The van der Waals surface area contributed by atoms with Gasteiger partial charge in [0.05, 0.1) is 12.0 Å². The molecule has 4 atom stereocenters. The highest BCUT2D eigenvalue weighted by molar-refractivity contribution is 5.86. The number of fused-ring (bicyclic) bond motifs is 3. The topological polar surface area (TPSA) is 46.5 Å². The number of hydrogen-bond acceptors (Lipinski definition) is 3. The maximum Gasteiger partial charge on any atom is 0.175 e. The molecule has 4 unspecified atom stereocenters. The van der Waals surface area contributed by atoms with Crippen LogP contribution in [0.3, 0.4) is 0 Å². The molecule has 2 heterocycles. The molecular weight excluding hydrogens is 156 g/mol. The monoisotopic (exact) mass is 170 g/mol. The largest absolute Gasteiger partial charge is 0.365 e. The Morgan fingerprint density at radius 3 is 2.75 bits per heavy atom. The first-order valence-corrected chi connectivity index (χ1v) is 4.48. The highest BCUT2D eigenvalue weighted by atomic mass is 16.6. The zero-order valence-electron chi connectivity index (χ0n) is 7.41. The lowest BCUT2D eigenvalue weighted by atomic mass is 9.71. The van der Waals surface area contributed by atoms with Crippen LogP contribution in [-0.2, 0) is 9.53 Å². The maximum absolute atomic E-state index is 11.6. The molecule has 3 rings (SSSR count). The van der Waals surface area contributed by atoms with Crippen molar-refractivity contribution in [2.45, 2.75) is 38.6 Å². The lowest BCUT2D eigenvalue weighted by Gasteiger charge is -2.49. The van der Waals surface area contributed by atoms with Crippen LogP contribution in [-0.4, -0.2) is 22.8 Å². The van der Waals surface area contributed by atoms with E-state index in [1.54, 1.807) is 6.92 Å². The third kappa shape index (κ3) is 0.866. The van der Waals surface area contributed by atoms with Crippen LogP contribution in [0.15, 0.2) is 0 Å². The molecule has 2 aliphatic heterocycles. The molecule has 2 saturated heterocycles. The summed E-state index contributed by atoms with van der Waals surface area (Å²) in [5, 5.41) is 9.88. The van der Waals surface area contributed by atoms with Gasteiger partial charge in [-0.2, -0.15) is 0 Å². The normalized spacial score (nSPS) is 52.9. The molecular formula is C9H14O3. The second-order valence-electron chi connectivity index (χ2n) is 3.94. The predicted molar refractivity (Wildman–Crippen MR) is 42.4 cm³/mol. The van der Waals surface area contributed by atoms with Gasteiger partial charge in [0.25, 0.3) is 0 Å². The van der Waals surface area contributed by atoms with E-state index in [1.165, 1.54) is 0 Å². The number of aliphatic hydroxyl groups is 1. The maximum atomic E-state index is 11.6. The molecule has 3 nitrogen and oxygen atoms in total. The van der Waals surface area contributed by atoms with Crippen LogP contribution in [0.4, 0.5) is 0 Å². The molecule has 1 saturated carbocycles. The number of ether oxygens (including phenoxy) is 1. The summed E-state index contributed by atoms with van der Waals surface area (Å²) in [6.45, 7) is 3.61. The molecule has 1 N–H and O–H groups in total. The van der Waals surface area contributed by atoms with Crippen molar-refractivity contribution in [2.75, 3.05) is 0 Å². The van der Waals surface area contributed by atoms with E-state index in [1.807, 2.05) is 6.92 Å². The summed E-state index contributed by atoms with van der Waals surface area (Å²) in [4.78, 5) is 11.6. The third-order valence-corrected chi connectivity index (χ3v) is 3.24. The van der Waals surface area contributed by atoms with Gasteiger partial charge in [-0.15, -0.1) is 0 Å². The van der Waals surface area contributed by atoms with Crippen LogP contribution in [0.2, 0.25) is 0 Å². The summed E-state index contributed by atoms with van der Waals surface area (Å²) in [7, 11) is 0. The molecule has 2 bridgehead atoms. The number of ketones is 1. The molecule has 3 aliphatic rings. The summed E-state index contributed by atoms with van der Waals surface area (Å²) in [5.41, 5.74) is 0. The number of hydrogen-bond donors (Lipinski definition) is 1. The highest BCUT2D eigenvalue weighted by Crippen LogP contribution is 2.44. The molecule has 0 aromatic carbocycles. The summed E-state index contributed by atoms with van der Waals surface area (Å²) >= 11 is 0. The SMILES string of the molecule is CC1OC2(O)CCC1C(=O)C2C. The highest BCUT2D eigenvalue weighted by Gasteiger charge is 2.54. The Morgan fingerprint density at radius 2 is 2.25 bits per heavy atom. The van der Waals surface area contributed by atoms with Crippen molar-refractivity contribution in [3.63, 3.8) is 0 Å². The predicted octanol–water partition coefficient (Wildman–Crippen LogP) is 0.709. The van der Waals surface area contributed by atoms with E-state index in [0.29, 0.717) is 6.42 Å². The molecule has 0 amide bonds. The van der Waals surface area contributed by atoms with E-state index in [0.717, 1.165) is 6.42 Å². The summed E-state index contributed by atoms with van der Waals surface area (Å²) in [6.07, 6.45) is 1.28. The van der Waals surface area contributed by atoms with Crippen LogP contribution in [0.5, 0.6) is 0 Å². The molecule has 3 heteroatoms. The van der Waals surface area contributed by atoms with Crippen molar-refractivity contribution in [2.24, 2.45) is 11.8 Å².